The molecule has 1 saturated heterocycles. The number of hydrogen-bond donors (Lipinski definition) is 2. The van der Waals surface area contributed by atoms with Gasteiger partial charge in [0.05, 0.1) is 11.7 Å². The fourth-order valence-electron chi connectivity index (χ4n) is 4.59. The van der Waals surface area contributed by atoms with Crippen LogP contribution in [-0.2, 0) is 0 Å². The highest BCUT2D eigenvalue weighted by Gasteiger charge is 2.34. The highest BCUT2D eigenvalue weighted by Crippen LogP contribution is 2.46. The van der Waals surface area contributed by atoms with Crippen LogP contribution in [0, 0.1) is 0 Å². The zero-order valence-corrected chi connectivity index (χ0v) is 16.4. The summed E-state index contributed by atoms with van der Waals surface area (Å²) in [7, 11) is 0. The fraction of sp³-hybridized carbons (Fsp3) is 0.200. The molecule has 0 aromatic heterocycles. The Morgan fingerprint density at radius 2 is 1.34 bits per heavy atom. The number of phenols is 1. The largest absolute Gasteiger partial charge is 0.507 e. The maximum Gasteiger partial charge on any atom is 0.124 e. The zero-order valence-electron chi connectivity index (χ0n) is 16.4. The fourth-order valence-corrected chi connectivity index (χ4v) is 4.59. The van der Waals surface area contributed by atoms with Crippen LogP contribution in [0.2, 0.25) is 0 Å². The number of para-hydroxylation sites is 1. The first-order valence-electron chi connectivity index (χ1n) is 10.1. The summed E-state index contributed by atoms with van der Waals surface area (Å²) in [5.74, 6) is 0.253. The molecule has 3 aromatic rings. The van der Waals surface area contributed by atoms with Gasteiger partial charge in [-0.3, -0.25) is 4.90 Å². The lowest BCUT2D eigenvalue weighted by atomic mass is 10.0. The highest BCUT2D eigenvalue weighted by molar-refractivity contribution is 5.78. The normalized spacial score (nSPS) is 17.0. The molecule has 2 N–H and O–H groups in total. The molecule has 0 spiro atoms. The van der Waals surface area contributed by atoms with E-state index in [-0.39, 0.29) is 5.75 Å². The van der Waals surface area contributed by atoms with E-state index < -0.39 is 0 Å². The second kappa shape index (κ2) is 7.39. The van der Waals surface area contributed by atoms with Gasteiger partial charge in [0.2, 0.25) is 0 Å². The second-order valence-corrected chi connectivity index (χ2v) is 7.71. The molecule has 5 rings (SSSR count). The second-order valence-electron chi connectivity index (χ2n) is 7.71. The molecule has 2 aliphatic rings. The van der Waals surface area contributed by atoms with E-state index in [9.17, 15) is 5.11 Å². The van der Waals surface area contributed by atoms with Crippen LogP contribution in [0.5, 0.6) is 5.75 Å². The number of rotatable bonds is 4. The van der Waals surface area contributed by atoms with Crippen molar-refractivity contribution in [2.45, 2.75) is 6.04 Å². The number of piperazine rings is 1. The first-order chi connectivity index (χ1) is 14.2. The van der Waals surface area contributed by atoms with E-state index in [1.165, 1.54) is 22.3 Å². The summed E-state index contributed by atoms with van der Waals surface area (Å²) in [5, 5.41) is 12.2. The molecule has 0 amide bonds. The van der Waals surface area contributed by atoms with Crippen molar-refractivity contribution in [3.8, 4) is 16.9 Å². The average Bonchev–Trinajstić information content (AvgIpc) is 3.09. The lowest BCUT2D eigenvalue weighted by Crippen LogP contribution is -2.51. The number of aromatic hydroxyl groups is 1. The van der Waals surface area contributed by atoms with Crippen LogP contribution >= 0.6 is 0 Å². The topological polar surface area (TPSA) is 38.7 Å². The number of phenolic OH excluding ortho intramolecular Hbond substituents is 1. The standard InChI is InChI=1S/C25H25N3O/c1-18(19-8-6-7-13-24(19)29)26-28-16-14-27(15-17-28)25-22-11-4-2-9-20(22)21-10-3-5-12-23(21)25/h2-13,25-26,29H,1,14-17H2. The molecule has 1 aliphatic carbocycles. The van der Waals surface area contributed by atoms with Crippen molar-refractivity contribution in [2.24, 2.45) is 0 Å². The summed E-state index contributed by atoms with van der Waals surface area (Å²) in [6.45, 7) is 7.84. The third-order valence-corrected chi connectivity index (χ3v) is 6.00. The van der Waals surface area contributed by atoms with E-state index in [0.717, 1.165) is 37.4 Å². The van der Waals surface area contributed by atoms with Gasteiger partial charge in [0.15, 0.2) is 0 Å². The van der Waals surface area contributed by atoms with Gasteiger partial charge in [-0.1, -0.05) is 67.2 Å². The smallest absolute Gasteiger partial charge is 0.124 e. The minimum absolute atomic E-state index is 0.253. The van der Waals surface area contributed by atoms with Crippen LogP contribution < -0.4 is 5.43 Å². The molecule has 0 bridgehead atoms. The van der Waals surface area contributed by atoms with Crippen LogP contribution in [0.1, 0.15) is 22.7 Å². The summed E-state index contributed by atoms with van der Waals surface area (Å²) in [6, 6.07) is 25.2. The van der Waals surface area contributed by atoms with Gasteiger partial charge < -0.3 is 10.5 Å². The van der Waals surface area contributed by atoms with Crippen molar-refractivity contribution in [1.82, 2.24) is 15.3 Å². The monoisotopic (exact) mass is 383 g/mol. The molecule has 29 heavy (non-hydrogen) atoms. The van der Waals surface area contributed by atoms with E-state index >= 15 is 0 Å². The molecular weight excluding hydrogens is 358 g/mol. The molecule has 1 aliphatic heterocycles. The molecule has 146 valence electrons. The van der Waals surface area contributed by atoms with E-state index in [4.69, 9.17) is 0 Å². The first-order valence-corrected chi connectivity index (χ1v) is 10.1. The Bertz CT molecular complexity index is 1010. The van der Waals surface area contributed by atoms with Gasteiger partial charge >= 0.3 is 0 Å². The van der Waals surface area contributed by atoms with Crippen molar-refractivity contribution in [3.05, 3.63) is 96.1 Å². The number of hydrazine groups is 1. The maximum absolute atomic E-state index is 10.1. The van der Waals surface area contributed by atoms with E-state index in [2.05, 4.69) is 70.4 Å². The van der Waals surface area contributed by atoms with Crippen molar-refractivity contribution in [3.63, 3.8) is 0 Å². The van der Waals surface area contributed by atoms with Gasteiger partial charge in [-0.25, -0.2) is 5.01 Å². The third kappa shape index (κ3) is 3.20. The van der Waals surface area contributed by atoms with Crippen molar-refractivity contribution >= 4 is 5.70 Å². The number of hydrogen-bond acceptors (Lipinski definition) is 4. The maximum atomic E-state index is 10.1. The summed E-state index contributed by atoms with van der Waals surface area (Å²) >= 11 is 0. The lowest BCUT2D eigenvalue weighted by Gasteiger charge is -2.39. The third-order valence-electron chi connectivity index (χ3n) is 6.00. The number of nitrogens with one attached hydrogen (secondary N) is 1. The van der Waals surface area contributed by atoms with Crippen LogP contribution in [0.4, 0.5) is 0 Å². The SMILES string of the molecule is C=C(NN1CCN(C2c3ccccc3-c3ccccc32)CC1)c1ccccc1O. The van der Waals surface area contributed by atoms with Crippen LogP contribution in [-0.4, -0.2) is 41.2 Å². The summed E-state index contributed by atoms with van der Waals surface area (Å²) < 4.78 is 0. The Labute approximate surface area is 171 Å². The van der Waals surface area contributed by atoms with E-state index in [0.29, 0.717) is 6.04 Å². The predicted molar refractivity (Wildman–Crippen MR) is 117 cm³/mol. The average molecular weight is 383 g/mol. The van der Waals surface area contributed by atoms with Gasteiger partial charge in [0.1, 0.15) is 5.75 Å². The minimum atomic E-state index is 0.253. The molecule has 1 heterocycles. The summed E-state index contributed by atoms with van der Waals surface area (Å²) in [6.07, 6.45) is 0. The van der Waals surface area contributed by atoms with E-state index in [1.807, 2.05) is 18.2 Å². The Morgan fingerprint density at radius 1 is 0.793 bits per heavy atom. The van der Waals surface area contributed by atoms with Crippen molar-refractivity contribution < 1.29 is 5.11 Å². The molecule has 1 fully saturated rings. The van der Waals surface area contributed by atoms with Crippen LogP contribution in [0.15, 0.2) is 79.4 Å². The molecule has 4 nitrogen and oxygen atoms in total. The predicted octanol–water partition coefficient (Wildman–Crippen LogP) is 4.26. The Balaban J connectivity index is 1.30. The highest BCUT2D eigenvalue weighted by atomic mass is 16.3. The summed E-state index contributed by atoms with van der Waals surface area (Å²) in [5.41, 5.74) is 10.4. The molecular formula is C25H25N3O. The van der Waals surface area contributed by atoms with Gasteiger partial charge in [-0.05, 0) is 34.4 Å². The Morgan fingerprint density at radius 3 is 1.97 bits per heavy atom. The van der Waals surface area contributed by atoms with Crippen LogP contribution in [0.3, 0.4) is 0 Å². The zero-order chi connectivity index (χ0) is 19.8. The van der Waals surface area contributed by atoms with E-state index in [1.54, 1.807) is 6.07 Å². The van der Waals surface area contributed by atoms with Crippen molar-refractivity contribution in [1.29, 1.82) is 0 Å². The van der Waals surface area contributed by atoms with Crippen LogP contribution in [0.25, 0.3) is 16.8 Å². The van der Waals surface area contributed by atoms with Crippen molar-refractivity contribution in [2.75, 3.05) is 26.2 Å². The summed E-state index contributed by atoms with van der Waals surface area (Å²) in [4.78, 5) is 2.57. The minimum Gasteiger partial charge on any atom is -0.507 e. The number of fused-ring (bicyclic) bond motifs is 3. The van der Waals surface area contributed by atoms with Gasteiger partial charge in [0.25, 0.3) is 0 Å². The molecule has 3 aromatic carbocycles. The molecule has 0 radical (unpaired) electrons. The van der Waals surface area contributed by atoms with Gasteiger partial charge in [0, 0.05) is 31.7 Å². The number of nitrogens with zero attached hydrogens (tertiary/aromatic N) is 2. The molecule has 0 saturated carbocycles. The quantitative estimate of drug-likeness (QED) is 0.706. The Kier molecular flexibility index (Phi) is 4.58. The van der Waals surface area contributed by atoms with Gasteiger partial charge in [-0.2, -0.15) is 0 Å². The molecule has 0 atom stereocenters. The molecule has 4 heteroatoms. The Hall–Kier alpha value is -3.08. The van der Waals surface area contributed by atoms with Gasteiger partial charge in [-0.15, -0.1) is 0 Å². The lowest BCUT2D eigenvalue weighted by molar-refractivity contribution is 0.0905. The first kappa shape index (κ1) is 18.0. The number of benzene rings is 3. The molecule has 0 unspecified atom stereocenters.